The lowest BCUT2D eigenvalue weighted by molar-refractivity contribution is 0.567. The molecule has 98 valence electrons. The Bertz CT molecular complexity index is 541. The molecule has 2 fully saturated rings. The Hall–Kier alpha value is -1.77. The minimum absolute atomic E-state index is 0.685. The van der Waals surface area contributed by atoms with Gasteiger partial charge < -0.3 is 9.88 Å². The summed E-state index contributed by atoms with van der Waals surface area (Å²) in [5.74, 6) is 1.81. The van der Waals surface area contributed by atoms with E-state index in [9.17, 15) is 0 Å². The molecule has 0 aliphatic heterocycles. The number of aromatic nitrogens is 2. The molecule has 1 aromatic heterocycles. The lowest BCUT2D eigenvalue weighted by Gasteiger charge is -2.21. The largest absolute Gasteiger partial charge is 0.380 e. The van der Waals surface area contributed by atoms with Crippen LogP contribution in [0.3, 0.4) is 0 Å². The van der Waals surface area contributed by atoms with Gasteiger partial charge in [-0.2, -0.15) is 0 Å². The van der Waals surface area contributed by atoms with Crippen molar-refractivity contribution in [2.24, 2.45) is 11.8 Å². The summed E-state index contributed by atoms with van der Waals surface area (Å²) < 4.78 is 2.08. The zero-order chi connectivity index (χ0) is 12.7. The molecular formula is C16H19N3. The van der Waals surface area contributed by atoms with Crippen molar-refractivity contribution in [3.05, 3.63) is 43.0 Å². The lowest BCUT2D eigenvalue weighted by Crippen LogP contribution is -2.24. The van der Waals surface area contributed by atoms with E-state index in [2.05, 4.69) is 39.1 Å². The van der Waals surface area contributed by atoms with Gasteiger partial charge in [0.05, 0.1) is 17.7 Å². The van der Waals surface area contributed by atoms with Crippen molar-refractivity contribution < 1.29 is 0 Å². The third-order valence-electron chi connectivity index (χ3n) is 4.27. The van der Waals surface area contributed by atoms with Crippen molar-refractivity contribution in [2.45, 2.75) is 31.7 Å². The number of para-hydroxylation sites is 2. The van der Waals surface area contributed by atoms with Gasteiger partial charge in [0.2, 0.25) is 0 Å². The van der Waals surface area contributed by atoms with Gasteiger partial charge in [-0.1, -0.05) is 12.1 Å². The first-order valence-corrected chi connectivity index (χ1v) is 7.26. The molecule has 3 nitrogen and oxygen atoms in total. The van der Waals surface area contributed by atoms with Crippen LogP contribution in [0.5, 0.6) is 0 Å². The van der Waals surface area contributed by atoms with Crippen LogP contribution in [-0.4, -0.2) is 15.6 Å². The summed E-state index contributed by atoms with van der Waals surface area (Å²) in [6.07, 6.45) is 11.3. The Morgan fingerprint density at radius 1 is 1.11 bits per heavy atom. The van der Waals surface area contributed by atoms with Crippen molar-refractivity contribution in [1.29, 1.82) is 0 Å². The molecule has 0 atom stereocenters. The predicted octanol–water partition coefficient (Wildman–Crippen LogP) is 3.47. The minimum atomic E-state index is 0.685. The maximum atomic E-state index is 4.15. The van der Waals surface area contributed by atoms with Gasteiger partial charge >= 0.3 is 0 Å². The van der Waals surface area contributed by atoms with Crippen molar-refractivity contribution in [2.75, 3.05) is 5.32 Å². The minimum Gasteiger partial charge on any atom is -0.380 e. The van der Waals surface area contributed by atoms with E-state index in [1.54, 1.807) is 0 Å². The normalized spacial score (nSPS) is 18.8. The highest BCUT2D eigenvalue weighted by Crippen LogP contribution is 2.46. The molecule has 2 aliphatic carbocycles. The van der Waals surface area contributed by atoms with Gasteiger partial charge in [0, 0.05) is 18.4 Å². The first-order valence-electron chi connectivity index (χ1n) is 7.26. The third kappa shape index (κ3) is 2.25. The van der Waals surface area contributed by atoms with Crippen LogP contribution in [0.1, 0.15) is 25.7 Å². The molecule has 2 aliphatic rings. The van der Waals surface area contributed by atoms with E-state index >= 15 is 0 Å². The molecule has 4 rings (SSSR count). The quantitative estimate of drug-likeness (QED) is 0.884. The average molecular weight is 253 g/mol. The number of hydrogen-bond acceptors (Lipinski definition) is 2. The molecule has 1 heterocycles. The van der Waals surface area contributed by atoms with Gasteiger partial charge in [0.25, 0.3) is 0 Å². The van der Waals surface area contributed by atoms with Crippen LogP contribution in [-0.2, 0) is 0 Å². The fraction of sp³-hybridized carbons (Fsp3) is 0.438. The number of benzene rings is 1. The highest BCUT2D eigenvalue weighted by atomic mass is 15.1. The van der Waals surface area contributed by atoms with Gasteiger partial charge in [0.15, 0.2) is 0 Å². The van der Waals surface area contributed by atoms with Crippen LogP contribution < -0.4 is 5.32 Å². The van der Waals surface area contributed by atoms with Crippen LogP contribution >= 0.6 is 0 Å². The second-order valence-corrected chi connectivity index (χ2v) is 5.83. The molecule has 2 aromatic rings. The van der Waals surface area contributed by atoms with Crippen LogP contribution in [0.25, 0.3) is 5.69 Å². The summed E-state index contributed by atoms with van der Waals surface area (Å²) in [6.45, 7) is 0. The van der Waals surface area contributed by atoms with E-state index in [-0.39, 0.29) is 0 Å². The topological polar surface area (TPSA) is 29.9 Å². The molecule has 0 spiro atoms. The summed E-state index contributed by atoms with van der Waals surface area (Å²) in [6, 6.07) is 9.22. The SMILES string of the molecule is c1ccc(-n2ccnc2)c(NC(C2CC2)C2CC2)c1. The van der Waals surface area contributed by atoms with Crippen LogP contribution in [0, 0.1) is 11.8 Å². The number of rotatable bonds is 5. The first kappa shape index (κ1) is 11.1. The van der Waals surface area contributed by atoms with Gasteiger partial charge in [-0.3, -0.25) is 0 Å². The standard InChI is InChI=1S/C16H19N3/c1-2-4-15(19-10-9-17-11-19)14(3-1)18-16(12-5-6-12)13-7-8-13/h1-4,9-13,16,18H,5-8H2. The summed E-state index contributed by atoms with van der Waals surface area (Å²) in [4.78, 5) is 4.15. The Kier molecular flexibility index (Phi) is 2.57. The fourth-order valence-electron chi connectivity index (χ4n) is 2.93. The summed E-state index contributed by atoms with van der Waals surface area (Å²) in [7, 11) is 0. The summed E-state index contributed by atoms with van der Waals surface area (Å²) >= 11 is 0. The third-order valence-corrected chi connectivity index (χ3v) is 4.27. The highest BCUT2D eigenvalue weighted by molar-refractivity contribution is 5.61. The van der Waals surface area contributed by atoms with Crippen LogP contribution in [0.2, 0.25) is 0 Å². The van der Waals surface area contributed by atoms with Crippen molar-refractivity contribution in [3.63, 3.8) is 0 Å². The zero-order valence-electron chi connectivity index (χ0n) is 11.0. The summed E-state index contributed by atoms with van der Waals surface area (Å²) in [5.41, 5.74) is 2.44. The number of nitrogens with one attached hydrogen (secondary N) is 1. The Balaban J connectivity index is 1.63. The maximum Gasteiger partial charge on any atom is 0.0992 e. The van der Waals surface area contributed by atoms with E-state index in [1.165, 1.54) is 37.1 Å². The predicted molar refractivity (Wildman–Crippen MR) is 76.4 cm³/mol. The molecule has 0 amide bonds. The Morgan fingerprint density at radius 3 is 2.47 bits per heavy atom. The van der Waals surface area contributed by atoms with E-state index in [4.69, 9.17) is 0 Å². The second-order valence-electron chi connectivity index (χ2n) is 5.83. The van der Waals surface area contributed by atoms with E-state index < -0.39 is 0 Å². The molecule has 0 radical (unpaired) electrons. The molecule has 1 N–H and O–H groups in total. The number of nitrogens with zero attached hydrogens (tertiary/aromatic N) is 2. The molecule has 19 heavy (non-hydrogen) atoms. The second kappa shape index (κ2) is 4.41. The van der Waals surface area contributed by atoms with Crippen LogP contribution in [0.15, 0.2) is 43.0 Å². The van der Waals surface area contributed by atoms with Gasteiger partial charge in [-0.25, -0.2) is 4.98 Å². The Labute approximate surface area is 113 Å². The number of anilines is 1. The Morgan fingerprint density at radius 2 is 1.84 bits per heavy atom. The maximum absolute atomic E-state index is 4.15. The molecule has 0 saturated heterocycles. The monoisotopic (exact) mass is 253 g/mol. The zero-order valence-corrected chi connectivity index (χ0v) is 11.0. The highest BCUT2D eigenvalue weighted by Gasteiger charge is 2.41. The molecule has 1 aromatic carbocycles. The van der Waals surface area contributed by atoms with E-state index in [1.807, 2.05) is 18.7 Å². The van der Waals surface area contributed by atoms with Crippen LogP contribution in [0.4, 0.5) is 5.69 Å². The average Bonchev–Trinajstić information content (AvgIpc) is 3.37. The fourth-order valence-corrected chi connectivity index (χ4v) is 2.93. The summed E-state index contributed by atoms with van der Waals surface area (Å²) in [5, 5.41) is 3.81. The van der Waals surface area contributed by atoms with Crippen molar-refractivity contribution in [3.8, 4) is 5.69 Å². The van der Waals surface area contributed by atoms with Crippen molar-refractivity contribution in [1.82, 2.24) is 9.55 Å². The van der Waals surface area contributed by atoms with Crippen molar-refractivity contribution >= 4 is 5.69 Å². The number of hydrogen-bond donors (Lipinski definition) is 1. The van der Waals surface area contributed by atoms with E-state index in [0.29, 0.717) is 6.04 Å². The molecule has 2 saturated carbocycles. The molecular weight excluding hydrogens is 234 g/mol. The lowest BCUT2D eigenvalue weighted by atomic mass is 10.1. The molecule has 0 bridgehead atoms. The molecule has 3 heteroatoms. The smallest absolute Gasteiger partial charge is 0.0992 e. The van der Waals surface area contributed by atoms with E-state index in [0.717, 1.165) is 11.8 Å². The molecule has 0 unspecified atom stereocenters. The van der Waals surface area contributed by atoms with Gasteiger partial charge in [0.1, 0.15) is 0 Å². The number of imidazole rings is 1. The first-order chi connectivity index (χ1) is 9.42. The van der Waals surface area contributed by atoms with Gasteiger partial charge in [-0.15, -0.1) is 0 Å². The van der Waals surface area contributed by atoms with Gasteiger partial charge in [-0.05, 0) is 49.7 Å².